The molecule has 0 fully saturated rings. The number of hydrogen-bond donors (Lipinski definition) is 2. The molecular formula is C13H16N4O. The van der Waals surface area contributed by atoms with Gasteiger partial charge < -0.3 is 10.2 Å². The van der Waals surface area contributed by atoms with Crippen molar-refractivity contribution in [3.8, 4) is 0 Å². The Morgan fingerprint density at radius 2 is 2.11 bits per heavy atom. The van der Waals surface area contributed by atoms with Gasteiger partial charge in [-0.3, -0.25) is 9.89 Å². The van der Waals surface area contributed by atoms with Gasteiger partial charge in [0.1, 0.15) is 0 Å². The molecule has 2 aromatic rings. The SMILES string of the molecule is Cc1cc(NC(=O)c2cccc(N(C)C)c2)n[nH]1. The van der Waals surface area contributed by atoms with Crippen LogP contribution in [0.1, 0.15) is 16.1 Å². The largest absolute Gasteiger partial charge is 0.378 e. The Kier molecular flexibility index (Phi) is 3.32. The van der Waals surface area contributed by atoms with E-state index >= 15 is 0 Å². The number of benzene rings is 1. The van der Waals surface area contributed by atoms with Crippen LogP contribution in [0.15, 0.2) is 30.3 Å². The quantitative estimate of drug-likeness (QED) is 0.868. The maximum absolute atomic E-state index is 12.0. The van der Waals surface area contributed by atoms with E-state index in [9.17, 15) is 4.79 Å². The van der Waals surface area contributed by atoms with Gasteiger partial charge in [0, 0.05) is 37.1 Å². The monoisotopic (exact) mass is 244 g/mol. The number of nitrogens with one attached hydrogen (secondary N) is 2. The number of aromatic nitrogens is 2. The second kappa shape index (κ2) is 4.91. The Hall–Kier alpha value is -2.30. The molecule has 0 aliphatic rings. The van der Waals surface area contributed by atoms with Crippen molar-refractivity contribution in [2.75, 3.05) is 24.3 Å². The average Bonchev–Trinajstić information content (AvgIpc) is 2.75. The van der Waals surface area contributed by atoms with E-state index in [2.05, 4.69) is 15.5 Å². The van der Waals surface area contributed by atoms with E-state index in [0.717, 1.165) is 11.4 Å². The molecule has 0 unspecified atom stereocenters. The van der Waals surface area contributed by atoms with Gasteiger partial charge in [-0.05, 0) is 25.1 Å². The molecule has 0 bridgehead atoms. The third-order valence-corrected chi connectivity index (χ3v) is 2.57. The Bertz CT molecular complexity index is 560. The smallest absolute Gasteiger partial charge is 0.256 e. The third kappa shape index (κ3) is 2.68. The van der Waals surface area contributed by atoms with Crippen molar-refractivity contribution in [2.24, 2.45) is 0 Å². The number of carbonyl (C=O) groups is 1. The molecule has 1 heterocycles. The number of amides is 1. The molecule has 1 aromatic heterocycles. The number of anilines is 2. The molecule has 2 rings (SSSR count). The van der Waals surface area contributed by atoms with Gasteiger partial charge in [-0.1, -0.05) is 6.07 Å². The van der Waals surface area contributed by atoms with E-state index in [1.807, 2.05) is 44.1 Å². The van der Waals surface area contributed by atoms with E-state index in [4.69, 9.17) is 0 Å². The average molecular weight is 244 g/mol. The summed E-state index contributed by atoms with van der Waals surface area (Å²) >= 11 is 0. The molecule has 1 aromatic carbocycles. The minimum atomic E-state index is -0.162. The van der Waals surface area contributed by atoms with Crippen LogP contribution in [0.5, 0.6) is 0 Å². The molecule has 2 N–H and O–H groups in total. The minimum Gasteiger partial charge on any atom is -0.378 e. The predicted octanol–water partition coefficient (Wildman–Crippen LogP) is 2.04. The molecule has 18 heavy (non-hydrogen) atoms. The van der Waals surface area contributed by atoms with Crippen LogP contribution in [-0.4, -0.2) is 30.2 Å². The molecule has 0 saturated heterocycles. The summed E-state index contributed by atoms with van der Waals surface area (Å²) in [6, 6.07) is 9.22. The van der Waals surface area contributed by atoms with Gasteiger partial charge in [0.15, 0.2) is 5.82 Å². The van der Waals surface area contributed by atoms with Crippen molar-refractivity contribution in [3.63, 3.8) is 0 Å². The summed E-state index contributed by atoms with van der Waals surface area (Å²) in [5, 5.41) is 9.50. The van der Waals surface area contributed by atoms with Crippen LogP contribution in [-0.2, 0) is 0 Å². The Labute approximate surface area is 106 Å². The lowest BCUT2D eigenvalue weighted by Gasteiger charge is -2.13. The third-order valence-electron chi connectivity index (χ3n) is 2.57. The fourth-order valence-corrected chi connectivity index (χ4v) is 1.60. The van der Waals surface area contributed by atoms with Crippen LogP contribution < -0.4 is 10.2 Å². The lowest BCUT2D eigenvalue weighted by Crippen LogP contribution is -2.14. The molecule has 0 spiro atoms. The zero-order valence-corrected chi connectivity index (χ0v) is 10.7. The first kappa shape index (κ1) is 12.2. The summed E-state index contributed by atoms with van der Waals surface area (Å²) in [7, 11) is 3.88. The molecule has 1 amide bonds. The number of rotatable bonds is 3. The number of aryl methyl sites for hydroxylation is 1. The maximum atomic E-state index is 12.0. The normalized spacial score (nSPS) is 10.2. The second-order valence-corrected chi connectivity index (χ2v) is 4.34. The standard InChI is InChI=1S/C13H16N4O/c1-9-7-12(16-15-9)14-13(18)10-5-4-6-11(8-10)17(2)3/h4-8H,1-3H3,(H2,14,15,16,18). The zero-order valence-electron chi connectivity index (χ0n) is 10.7. The highest BCUT2D eigenvalue weighted by Gasteiger charge is 2.08. The number of nitrogens with zero attached hydrogens (tertiary/aromatic N) is 2. The van der Waals surface area contributed by atoms with Gasteiger partial charge in [0.25, 0.3) is 5.91 Å². The lowest BCUT2D eigenvalue weighted by molar-refractivity contribution is 0.102. The molecule has 0 atom stereocenters. The number of H-pyrrole nitrogens is 1. The van der Waals surface area contributed by atoms with Gasteiger partial charge in [0.2, 0.25) is 0 Å². The van der Waals surface area contributed by atoms with Crippen LogP contribution in [0.3, 0.4) is 0 Å². The summed E-state index contributed by atoms with van der Waals surface area (Å²) in [4.78, 5) is 14.0. The minimum absolute atomic E-state index is 0.162. The van der Waals surface area contributed by atoms with E-state index in [0.29, 0.717) is 11.4 Å². The van der Waals surface area contributed by atoms with Crippen molar-refractivity contribution >= 4 is 17.4 Å². The maximum Gasteiger partial charge on any atom is 0.256 e. The van der Waals surface area contributed by atoms with E-state index in [-0.39, 0.29) is 5.91 Å². The highest BCUT2D eigenvalue weighted by molar-refractivity contribution is 6.04. The lowest BCUT2D eigenvalue weighted by atomic mass is 10.2. The molecule has 5 nitrogen and oxygen atoms in total. The van der Waals surface area contributed by atoms with Crippen LogP contribution in [0.4, 0.5) is 11.5 Å². The first-order valence-electron chi connectivity index (χ1n) is 5.67. The van der Waals surface area contributed by atoms with Gasteiger partial charge >= 0.3 is 0 Å². The Morgan fingerprint density at radius 1 is 1.33 bits per heavy atom. The summed E-state index contributed by atoms with van der Waals surface area (Å²) in [6.07, 6.45) is 0. The van der Waals surface area contributed by atoms with Crippen LogP contribution in [0.25, 0.3) is 0 Å². The fraction of sp³-hybridized carbons (Fsp3) is 0.231. The van der Waals surface area contributed by atoms with Crippen molar-refractivity contribution < 1.29 is 4.79 Å². The molecule has 0 saturated carbocycles. The van der Waals surface area contributed by atoms with Crippen LogP contribution in [0, 0.1) is 6.92 Å². The van der Waals surface area contributed by atoms with Gasteiger partial charge in [0.05, 0.1) is 0 Å². The van der Waals surface area contributed by atoms with E-state index in [1.54, 1.807) is 12.1 Å². The predicted molar refractivity (Wildman–Crippen MR) is 72.0 cm³/mol. The highest BCUT2D eigenvalue weighted by atomic mass is 16.1. The molecule has 0 radical (unpaired) electrons. The molecule has 0 aliphatic carbocycles. The number of carbonyl (C=O) groups excluding carboxylic acids is 1. The summed E-state index contributed by atoms with van der Waals surface area (Å²) in [5.41, 5.74) is 2.51. The van der Waals surface area contributed by atoms with Crippen molar-refractivity contribution in [1.82, 2.24) is 10.2 Å². The van der Waals surface area contributed by atoms with Crippen molar-refractivity contribution in [2.45, 2.75) is 6.92 Å². The summed E-state index contributed by atoms with van der Waals surface area (Å²) in [6.45, 7) is 1.88. The summed E-state index contributed by atoms with van der Waals surface area (Å²) in [5.74, 6) is 0.373. The number of hydrogen-bond acceptors (Lipinski definition) is 3. The summed E-state index contributed by atoms with van der Waals surface area (Å²) < 4.78 is 0. The molecular weight excluding hydrogens is 228 g/mol. The van der Waals surface area contributed by atoms with Gasteiger partial charge in [-0.2, -0.15) is 5.10 Å². The van der Waals surface area contributed by atoms with E-state index in [1.165, 1.54) is 0 Å². The Morgan fingerprint density at radius 3 is 2.72 bits per heavy atom. The second-order valence-electron chi connectivity index (χ2n) is 4.34. The van der Waals surface area contributed by atoms with E-state index < -0.39 is 0 Å². The molecule has 0 aliphatic heterocycles. The van der Waals surface area contributed by atoms with Gasteiger partial charge in [-0.25, -0.2) is 0 Å². The Balaban J connectivity index is 2.16. The highest BCUT2D eigenvalue weighted by Crippen LogP contribution is 2.14. The molecule has 5 heteroatoms. The topological polar surface area (TPSA) is 61.0 Å². The first-order valence-corrected chi connectivity index (χ1v) is 5.67. The zero-order chi connectivity index (χ0) is 13.1. The first-order chi connectivity index (χ1) is 8.56. The fourth-order valence-electron chi connectivity index (χ4n) is 1.60. The number of aromatic amines is 1. The van der Waals surface area contributed by atoms with Crippen molar-refractivity contribution in [3.05, 3.63) is 41.6 Å². The van der Waals surface area contributed by atoms with Crippen molar-refractivity contribution in [1.29, 1.82) is 0 Å². The van der Waals surface area contributed by atoms with Crippen LogP contribution in [0.2, 0.25) is 0 Å². The molecule has 94 valence electrons. The van der Waals surface area contributed by atoms with Gasteiger partial charge in [-0.15, -0.1) is 0 Å². The van der Waals surface area contributed by atoms with Crippen LogP contribution >= 0.6 is 0 Å².